The molecule has 0 spiro atoms. The average molecular weight is 316 g/mol. The van der Waals surface area contributed by atoms with Crippen LogP contribution in [0.25, 0.3) is 0 Å². The van der Waals surface area contributed by atoms with Crippen molar-refractivity contribution in [1.29, 1.82) is 0 Å². The molecule has 1 heterocycles. The summed E-state index contributed by atoms with van der Waals surface area (Å²) in [6.07, 6.45) is 3.16. The Morgan fingerprint density at radius 2 is 2.10 bits per heavy atom. The smallest absolute Gasteiger partial charge is 0.171 e. The number of ketones is 1. The number of Topliss-reactive ketones (excluding diaryl/α,β-unsaturated/α-hetero) is 1. The third-order valence-electron chi connectivity index (χ3n) is 3.12. The van der Waals surface area contributed by atoms with Crippen molar-refractivity contribution in [2.75, 3.05) is 43.5 Å². The average Bonchev–Trinajstić information content (AvgIpc) is 2.74. The largest absolute Gasteiger partial charge is 0.396 e. The number of nitrogens with two attached hydrogens (primary N) is 1. The first-order valence-electron chi connectivity index (χ1n) is 6.98. The number of hydrogen-bond acceptors (Lipinski definition) is 6. The van der Waals surface area contributed by atoms with E-state index in [9.17, 15) is 4.79 Å². The van der Waals surface area contributed by atoms with Gasteiger partial charge >= 0.3 is 0 Å². The van der Waals surface area contributed by atoms with Crippen LogP contribution in [0.15, 0.2) is 4.90 Å². The molecule has 0 fully saturated rings. The summed E-state index contributed by atoms with van der Waals surface area (Å²) in [7, 11) is 0. The number of thioether (sulfide) groups is 1. The molecule has 0 aromatic carbocycles. The predicted octanol–water partition coefficient (Wildman–Crippen LogP) is 3.40. The zero-order valence-corrected chi connectivity index (χ0v) is 14.4. The standard InChI is InChI=1S/C14H25N3OS2/c1-5-8-17(6-2)9-7-16-14-13(19-4)11(15)12(20-14)10(3)18/h16H,5-9,15H2,1-4H3. The van der Waals surface area contributed by atoms with Gasteiger partial charge in [0.15, 0.2) is 5.78 Å². The topological polar surface area (TPSA) is 58.4 Å². The molecule has 0 saturated carbocycles. The monoisotopic (exact) mass is 315 g/mol. The molecule has 1 aromatic rings. The summed E-state index contributed by atoms with van der Waals surface area (Å²) in [4.78, 5) is 15.6. The van der Waals surface area contributed by atoms with Crippen molar-refractivity contribution in [3.63, 3.8) is 0 Å². The third kappa shape index (κ3) is 4.40. The molecule has 6 heteroatoms. The van der Waals surface area contributed by atoms with E-state index in [1.54, 1.807) is 18.7 Å². The highest BCUT2D eigenvalue weighted by Crippen LogP contribution is 2.41. The fourth-order valence-corrected chi connectivity index (χ4v) is 4.04. The van der Waals surface area contributed by atoms with Crippen LogP contribution in [0.4, 0.5) is 10.7 Å². The van der Waals surface area contributed by atoms with E-state index in [1.807, 2.05) is 6.26 Å². The van der Waals surface area contributed by atoms with Crippen molar-refractivity contribution in [2.24, 2.45) is 0 Å². The van der Waals surface area contributed by atoms with Crippen LogP contribution >= 0.6 is 23.1 Å². The van der Waals surface area contributed by atoms with E-state index < -0.39 is 0 Å². The summed E-state index contributed by atoms with van der Waals surface area (Å²) in [6, 6.07) is 0. The highest BCUT2D eigenvalue weighted by Gasteiger charge is 2.17. The second kappa shape index (κ2) is 8.54. The predicted molar refractivity (Wildman–Crippen MR) is 91.4 cm³/mol. The summed E-state index contributed by atoms with van der Waals surface area (Å²) in [5.74, 6) is 0.0389. The number of anilines is 2. The number of nitrogens with one attached hydrogen (secondary N) is 1. The number of nitrogens with zero attached hydrogens (tertiary/aromatic N) is 1. The van der Waals surface area contributed by atoms with E-state index >= 15 is 0 Å². The Kier molecular flexibility index (Phi) is 7.40. The van der Waals surface area contributed by atoms with E-state index in [0.717, 1.165) is 36.1 Å². The molecule has 0 atom stereocenters. The van der Waals surface area contributed by atoms with Gasteiger partial charge in [-0.3, -0.25) is 4.79 Å². The molecule has 20 heavy (non-hydrogen) atoms. The summed E-state index contributed by atoms with van der Waals surface area (Å²) in [5, 5.41) is 4.45. The molecule has 1 rings (SSSR count). The second-order valence-electron chi connectivity index (χ2n) is 4.62. The fourth-order valence-electron chi connectivity index (χ4n) is 2.08. The van der Waals surface area contributed by atoms with Crippen molar-refractivity contribution in [1.82, 2.24) is 4.90 Å². The molecule has 0 amide bonds. The SMILES string of the molecule is CCCN(CC)CCNc1sc(C(C)=O)c(N)c1SC. The van der Waals surface area contributed by atoms with Crippen molar-refractivity contribution < 1.29 is 4.79 Å². The van der Waals surface area contributed by atoms with Gasteiger partial charge in [-0.05, 0) is 25.8 Å². The number of carbonyl (C=O) groups excluding carboxylic acids is 1. The molecule has 1 aromatic heterocycles. The van der Waals surface area contributed by atoms with E-state index in [2.05, 4.69) is 24.1 Å². The number of likely N-dealkylation sites (N-methyl/N-ethyl adjacent to an activating group) is 1. The maximum absolute atomic E-state index is 11.5. The molecule has 0 saturated heterocycles. The van der Waals surface area contributed by atoms with Crippen molar-refractivity contribution >= 4 is 39.6 Å². The zero-order chi connectivity index (χ0) is 15.1. The fraction of sp³-hybridized carbons (Fsp3) is 0.643. The van der Waals surface area contributed by atoms with E-state index in [-0.39, 0.29) is 5.78 Å². The lowest BCUT2D eigenvalue weighted by molar-refractivity contribution is 0.102. The van der Waals surface area contributed by atoms with Gasteiger partial charge in [0, 0.05) is 20.0 Å². The van der Waals surface area contributed by atoms with Crippen LogP contribution in [0.5, 0.6) is 0 Å². The van der Waals surface area contributed by atoms with Crippen LogP contribution in [0.2, 0.25) is 0 Å². The van der Waals surface area contributed by atoms with Gasteiger partial charge in [0.2, 0.25) is 0 Å². The Hall–Kier alpha value is -0.720. The quantitative estimate of drug-likeness (QED) is 0.540. The molecule has 0 aliphatic heterocycles. The molecule has 0 radical (unpaired) electrons. The number of thiophene rings is 1. The van der Waals surface area contributed by atoms with E-state index in [0.29, 0.717) is 10.6 Å². The second-order valence-corrected chi connectivity index (χ2v) is 6.46. The Morgan fingerprint density at radius 1 is 1.40 bits per heavy atom. The highest BCUT2D eigenvalue weighted by molar-refractivity contribution is 7.99. The van der Waals surface area contributed by atoms with Gasteiger partial charge in [-0.15, -0.1) is 23.1 Å². The lowest BCUT2D eigenvalue weighted by Gasteiger charge is -2.19. The minimum Gasteiger partial charge on any atom is -0.396 e. The summed E-state index contributed by atoms with van der Waals surface area (Å²) in [5.41, 5.74) is 6.66. The molecular formula is C14H25N3OS2. The lowest BCUT2D eigenvalue weighted by atomic mass is 10.3. The maximum Gasteiger partial charge on any atom is 0.171 e. The molecule has 0 unspecified atom stereocenters. The van der Waals surface area contributed by atoms with Gasteiger partial charge in [-0.25, -0.2) is 0 Å². The molecule has 0 aliphatic rings. The molecule has 4 nitrogen and oxygen atoms in total. The normalized spacial score (nSPS) is 11.1. The van der Waals surface area contributed by atoms with Crippen LogP contribution in [0.3, 0.4) is 0 Å². The number of carbonyl (C=O) groups is 1. The van der Waals surface area contributed by atoms with Gasteiger partial charge in [0.05, 0.1) is 15.5 Å². The Labute approximate surface area is 130 Å². The minimum absolute atomic E-state index is 0.0389. The molecule has 0 bridgehead atoms. The van der Waals surface area contributed by atoms with Gasteiger partial charge in [0.25, 0.3) is 0 Å². The molecular weight excluding hydrogens is 290 g/mol. The highest BCUT2D eigenvalue weighted by atomic mass is 32.2. The molecule has 0 aliphatic carbocycles. The Morgan fingerprint density at radius 3 is 2.60 bits per heavy atom. The zero-order valence-electron chi connectivity index (χ0n) is 12.8. The van der Waals surface area contributed by atoms with Crippen molar-refractivity contribution in [3.05, 3.63) is 4.88 Å². The van der Waals surface area contributed by atoms with Crippen molar-refractivity contribution in [3.8, 4) is 0 Å². The first-order valence-corrected chi connectivity index (χ1v) is 9.02. The summed E-state index contributed by atoms with van der Waals surface area (Å²) < 4.78 is 0. The third-order valence-corrected chi connectivity index (χ3v) is 5.35. The maximum atomic E-state index is 11.5. The minimum atomic E-state index is 0.0389. The van der Waals surface area contributed by atoms with E-state index in [1.165, 1.54) is 17.8 Å². The van der Waals surface area contributed by atoms with Gasteiger partial charge in [-0.2, -0.15) is 0 Å². The van der Waals surface area contributed by atoms with Gasteiger partial charge < -0.3 is 16.0 Å². The number of nitrogen functional groups attached to an aromatic ring is 1. The van der Waals surface area contributed by atoms with Crippen LogP contribution in [-0.4, -0.2) is 43.1 Å². The number of rotatable bonds is 9. The van der Waals surface area contributed by atoms with Crippen LogP contribution in [-0.2, 0) is 0 Å². The molecule has 114 valence electrons. The van der Waals surface area contributed by atoms with E-state index in [4.69, 9.17) is 5.73 Å². The summed E-state index contributed by atoms with van der Waals surface area (Å²) in [6.45, 7) is 10.0. The van der Waals surface area contributed by atoms with Crippen LogP contribution < -0.4 is 11.1 Å². The number of hydrogen-bond donors (Lipinski definition) is 2. The summed E-state index contributed by atoms with van der Waals surface area (Å²) >= 11 is 3.06. The lowest BCUT2D eigenvalue weighted by Crippen LogP contribution is -2.29. The Bertz CT molecular complexity index is 446. The first-order chi connectivity index (χ1) is 9.54. The molecule has 3 N–H and O–H groups in total. The Balaban J connectivity index is 2.68. The van der Waals surface area contributed by atoms with Gasteiger partial charge in [0.1, 0.15) is 5.00 Å². The van der Waals surface area contributed by atoms with Crippen LogP contribution in [0, 0.1) is 0 Å². The van der Waals surface area contributed by atoms with Crippen LogP contribution in [0.1, 0.15) is 36.9 Å². The van der Waals surface area contributed by atoms with Gasteiger partial charge in [-0.1, -0.05) is 13.8 Å². The van der Waals surface area contributed by atoms with Crippen molar-refractivity contribution in [2.45, 2.75) is 32.1 Å². The first kappa shape index (κ1) is 17.3.